The van der Waals surface area contributed by atoms with Gasteiger partial charge in [0, 0.05) is 12.8 Å². The van der Waals surface area contributed by atoms with Crippen molar-refractivity contribution in [3.8, 4) is 11.8 Å². The Morgan fingerprint density at radius 1 is 1.64 bits per heavy atom. The van der Waals surface area contributed by atoms with E-state index in [9.17, 15) is 4.79 Å². The Morgan fingerprint density at radius 3 is 2.73 bits per heavy atom. The van der Waals surface area contributed by atoms with Crippen LogP contribution in [-0.2, 0) is 4.79 Å². The second kappa shape index (κ2) is 5.94. The molecule has 0 aromatic rings. The molecule has 0 aromatic carbocycles. The second-order valence-corrected chi connectivity index (χ2v) is 2.32. The van der Waals surface area contributed by atoms with Crippen LogP contribution in [-0.4, -0.2) is 17.0 Å². The molecule has 0 saturated heterocycles. The largest absolute Gasteiger partial charge is 0.385 e. The van der Waals surface area contributed by atoms with E-state index < -0.39 is 6.10 Å². The number of Topliss-reactive ketones (excluding diaryl/α,β-unsaturated/α-hetero) is 1. The molecule has 0 aliphatic carbocycles. The van der Waals surface area contributed by atoms with Gasteiger partial charge in [-0.15, -0.1) is 11.8 Å². The maximum absolute atomic E-state index is 10.9. The third-order valence-corrected chi connectivity index (χ3v) is 1.43. The van der Waals surface area contributed by atoms with Crippen molar-refractivity contribution in [2.24, 2.45) is 0 Å². The average molecular weight is 154 g/mol. The maximum atomic E-state index is 10.9. The summed E-state index contributed by atoms with van der Waals surface area (Å²) in [5.41, 5.74) is 0. The van der Waals surface area contributed by atoms with Gasteiger partial charge in [-0.05, 0) is 13.3 Å². The van der Waals surface area contributed by atoms with Crippen LogP contribution in [0.5, 0.6) is 0 Å². The molecule has 0 rings (SSSR count). The molecule has 0 aliphatic heterocycles. The number of ketones is 1. The normalized spacial score (nSPS) is 11.5. The predicted octanol–water partition coefficient (Wildman–Crippen LogP) is 1.13. The molecule has 1 unspecified atom stereocenters. The maximum Gasteiger partial charge on any atom is 0.162 e. The van der Waals surface area contributed by atoms with E-state index in [2.05, 4.69) is 11.8 Å². The van der Waals surface area contributed by atoms with Crippen molar-refractivity contribution in [1.29, 1.82) is 0 Å². The standard InChI is InChI=1S/C9H14O2/c1-3-5-6-7-9(11)8(10)4-2/h8,10H,4,6-7H2,1-2H3. The lowest BCUT2D eigenvalue weighted by Gasteiger charge is -2.03. The van der Waals surface area contributed by atoms with Crippen LogP contribution in [0.1, 0.15) is 33.1 Å². The first-order chi connectivity index (χ1) is 5.22. The van der Waals surface area contributed by atoms with Crippen LogP contribution in [0.4, 0.5) is 0 Å². The molecule has 0 bridgehead atoms. The van der Waals surface area contributed by atoms with Crippen LogP contribution in [0, 0.1) is 11.8 Å². The molecule has 2 heteroatoms. The van der Waals surface area contributed by atoms with Crippen LogP contribution in [0.25, 0.3) is 0 Å². The zero-order chi connectivity index (χ0) is 8.69. The number of rotatable bonds is 4. The summed E-state index contributed by atoms with van der Waals surface area (Å²) in [6, 6.07) is 0. The highest BCUT2D eigenvalue weighted by molar-refractivity contribution is 5.82. The minimum absolute atomic E-state index is 0.102. The third kappa shape index (κ3) is 4.58. The molecule has 0 aliphatic rings. The number of carbonyl (C=O) groups is 1. The summed E-state index contributed by atoms with van der Waals surface area (Å²) >= 11 is 0. The first-order valence-corrected chi connectivity index (χ1v) is 3.82. The Balaban J connectivity index is 3.57. The molecular weight excluding hydrogens is 140 g/mol. The zero-order valence-electron chi connectivity index (χ0n) is 7.05. The molecule has 2 nitrogen and oxygen atoms in total. The van der Waals surface area contributed by atoms with Gasteiger partial charge in [0.25, 0.3) is 0 Å². The summed E-state index contributed by atoms with van der Waals surface area (Å²) in [5, 5.41) is 9.03. The van der Waals surface area contributed by atoms with Crippen molar-refractivity contribution in [2.75, 3.05) is 0 Å². The summed E-state index contributed by atoms with van der Waals surface area (Å²) in [4.78, 5) is 10.9. The highest BCUT2D eigenvalue weighted by atomic mass is 16.3. The van der Waals surface area contributed by atoms with Gasteiger partial charge in [0.2, 0.25) is 0 Å². The lowest BCUT2D eigenvalue weighted by atomic mass is 10.1. The Morgan fingerprint density at radius 2 is 2.27 bits per heavy atom. The van der Waals surface area contributed by atoms with Crippen molar-refractivity contribution in [1.82, 2.24) is 0 Å². The molecule has 0 spiro atoms. The van der Waals surface area contributed by atoms with E-state index in [-0.39, 0.29) is 5.78 Å². The van der Waals surface area contributed by atoms with Crippen LogP contribution in [0.3, 0.4) is 0 Å². The van der Waals surface area contributed by atoms with Gasteiger partial charge in [0.15, 0.2) is 5.78 Å². The SMILES string of the molecule is CC#CCCC(=O)C(O)CC. The molecule has 11 heavy (non-hydrogen) atoms. The van der Waals surface area contributed by atoms with Gasteiger partial charge in [-0.3, -0.25) is 4.79 Å². The number of hydrogen-bond donors (Lipinski definition) is 1. The van der Waals surface area contributed by atoms with Crippen molar-refractivity contribution >= 4 is 5.78 Å². The molecular formula is C9H14O2. The lowest BCUT2D eigenvalue weighted by molar-refractivity contribution is -0.127. The number of carbonyl (C=O) groups excluding carboxylic acids is 1. The fourth-order valence-corrected chi connectivity index (χ4v) is 0.705. The first kappa shape index (κ1) is 10.2. The van der Waals surface area contributed by atoms with Gasteiger partial charge in [-0.1, -0.05) is 6.92 Å². The third-order valence-electron chi connectivity index (χ3n) is 1.43. The van der Waals surface area contributed by atoms with Gasteiger partial charge >= 0.3 is 0 Å². The van der Waals surface area contributed by atoms with Crippen molar-refractivity contribution in [3.05, 3.63) is 0 Å². The molecule has 1 atom stereocenters. The summed E-state index contributed by atoms with van der Waals surface area (Å²) in [6.45, 7) is 3.52. The van der Waals surface area contributed by atoms with Crippen molar-refractivity contribution < 1.29 is 9.90 Å². The number of aliphatic hydroxyl groups is 1. The van der Waals surface area contributed by atoms with Crippen LogP contribution in [0.15, 0.2) is 0 Å². The highest BCUT2D eigenvalue weighted by Crippen LogP contribution is 1.98. The van der Waals surface area contributed by atoms with E-state index in [4.69, 9.17) is 5.11 Å². The number of aliphatic hydroxyl groups excluding tert-OH is 1. The Hall–Kier alpha value is -0.810. The summed E-state index contributed by atoms with van der Waals surface area (Å²) < 4.78 is 0. The molecule has 1 N–H and O–H groups in total. The van der Waals surface area contributed by atoms with E-state index in [1.165, 1.54) is 0 Å². The Bertz CT molecular complexity index is 174. The molecule has 0 fully saturated rings. The van der Waals surface area contributed by atoms with E-state index in [0.29, 0.717) is 19.3 Å². The van der Waals surface area contributed by atoms with E-state index in [0.717, 1.165) is 0 Å². The fraction of sp³-hybridized carbons (Fsp3) is 0.667. The van der Waals surface area contributed by atoms with Crippen LogP contribution in [0.2, 0.25) is 0 Å². The number of hydrogen-bond acceptors (Lipinski definition) is 2. The van der Waals surface area contributed by atoms with Crippen LogP contribution >= 0.6 is 0 Å². The topological polar surface area (TPSA) is 37.3 Å². The minimum atomic E-state index is -0.784. The smallest absolute Gasteiger partial charge is 0.162 e. The summed E-state index contributed by atoms with van der Waals surface area (Å²) in [7, 11) is 0. The van der Waals surface area contributed by atoms with E-state index in [1.807, 2.05) is 0 Å². The van der Waals surface area contributed by atoms with Gasteiger partial charge in [0.1, 0.15) is 6.10 Å². The fourth-order valence-electron chi connectivity index (χ4n) is 0.705. The van der Waals surface area contributed by atoms with Crippen molar-refractivity contribution in [3.63, 3.8) is 0 Å². The quantitative estimate of drug-likeness (QED) is 0.616. The minimum Gasteiger partial charge on any atom is -0.385 e. The molecule has 0 radical (unpaired) electrons. The molecule has 0 saturated carbocycles. The van der Waals surface area contributed by atoms with Crippen molar-refractivity contribution in [2.45, 2.75) is 39.2 Å². The predicted molar refractivity (Wildman–Crippen MR) is 44.0 cm³/mol. The summed E-state index contributed by atoms with van der Waals surface area (Å²) in [6.07, 6.45) is 0.648. The second-order valence-electron chi connectivity index (χ2n) is 2.32. The molecule has 0 amide bonds. The van der Waals surface area contributed by atoms with Gasteiger partial charge in [-0.2, -0.15) is 0 Å². The summed E-state index contributed by atoms with van der Waals surface area (Å²) in [5.74, 6) is 5.37. The molecule has 62 valence electrons. The lowest BCUT2D eigenvalue weighted by Crippen LogP contribution is -2.18. The highest BCUT2D eigenvalue weighted by Gasteiger charge is 2.10. The van der Waals surface area contributed by atoms with Gasteiger partial charge in [0.05, 0.1) is 0 Å². The van der Waals surface area contributed by atoms with Gasteiger partial charge < -0.3 is 5.11 Å². The monoisotopic (exact) mass is 154 g/mol. The Kier molecular flexibility index (Phi) is 5.50. The first-order valence-electron chi connectivity index (χ1n) is 3.82. The van der Waals surface area contributed by atoms with E-state index in [1.54, 1.807) is 13.8 Å². The van der Waals surface area contributed by atoms with E-state index >= 15 is 0 Å². The van der Waals surface area contributed by atoms with Crippen LogP contribution < -0.4 is 0 Å². The molecule has 0 heterocycles. The molecule has 0 aromatic heterocycles. The Labute approximate surface area is 67.6 Å². The van der Waals surface area contributed by atoms with Gasteiger partial charge in [-0.25, -0.2) is 0 Å². The zero-order valence-corrected chi connectivity index (χ0v) is 7.05. The average Bonchev–Trinajstić information content (AvgIpc) is 2.03.